The summed E-state index contributed by atoms with van der Waals surface area (Å²) in [6.07, 6.45) is 13.4. The van der Waals surface area contributed by atoms with Gasteiger partial charge in [0.1, 0.15) is 5.65 Å². The lowest BCUT2D eigenvalue weighted by molar-refractivity contribution is 0.730. The van der Waals surface area contributed by atoms with Crippen LogP contribution in [0.3, 0.4) is 0 Å². The largest absolute Gasteiger partial charge is 0.300 e. The quantitative estimate of drug-likeness (QED) is 0.689. The van der Waals surface area contributed by atoms with Crippen molar-refractivity contribution in [2.45, 2.75) is 32.6 Å². The average Bonchev–Trinajstić information content (AvgIpc) is 2.73. The van der Waals surface area contributed by atoms with Gasteiger partial charge in [-0.25, -0.2) is 4.98 Å². The SMILES string of the molecule is CCCCC/C=C/c1cnc2ccccn12. The zero-order valence-corrected chi connectivity index (χ0v) is 9.76. The van der Waals surface area contributed by atoms with Gasteiger partial charge in [-0.2, -0.15) is 0 Å². The number of fused-ring (bicyclic) bond motifs is 1. The van der Waals surface area contributed by atoms with Crippen molar-refractivity contribution in [1.82, 2.24) is 9.38 Å². The van der Waals surface area contributed by atoms with Crippen LogP contribution in [0.4, 0.5) is 0 Å². The van der Waals surface area contributed by atoms with Crippen molar-refractivity contribution in [2.24, 2.45) is 0 Å². The van der Waals surface area contributed by atoms with Gasteiger partial charge in [0, 0.05) is 6.20 Å². The molecule has 0 radical (unpaired) electrons. The summed E-state index contributed by atoms with van der Waals surface area (Å²) < 4.78 is 2.11. The summed E-state index contributed by atoms with van der Waals surface area (Å²) in [4.78, 5) is 4.35. The van der Waals surface area contributed by atoms with Crippen LogP contribution in [0.1, 0.15) is 38.3 Å². The van der Waals surface area contributed by atoms with Gasteiger partial charge in [-0.3, -0.25) is 0 Å². The number of pyridine rings is 1. The molecule has 0 aromatic carbocycles. The van der Waals surface area contributed by atoms with Gasteiger partial charge in [0.05, 0.1) is 11.9 Å². The second kappa shape index (κ2) is 5.50. The first kappa shape index (κ1) is 10.9. The molecule has 2 heterocycles. The number of imidazole rings is 1. The van der Waals surface area contributed by atoms with Crippen LogP contribution in [0.15, 0.2) is 36.7 Å². The molecule has 0 aliphatic carbocycles. The van der Waals surface area contributed by atoms with Crippen LogP contribution in [-0.2, 0) is 0 Å². The number of rotatable bonds is 5. The summed E-state index contributed by atoms with van der Waals surface area (Å²) in [5, 5.41) is 0. The third-order valence-corrected chi connectivity index (χ3v) is 2.71. The number of unbranched alkanes of at least 4 members (excludes halogenated alkanes) is 3. The first-order chi connectivity index (χ1) is 7.92. The predicted molar refractivity (Wildman–Crippen MR) is 68.4 cm³/mol. The van der Waals surface area contributed by atoms with Gasteiger partial charge in [0.2, 0.25) is 0 Å². The molecule has 2 aromatic heterocycles. The molecule has 84 valence electrons. The summed E-state index contributed by atoms with van der Waals surface area (Å²) in [6, 6.07) is 6.06. The van der Waals surface area contributed by atoms with Gasteiger partial charge < -0.3 is 4.40 Å². The molecule has 0 aliphatic heterocycles. The van der Waals surface area contributed by atoms with Crippen LogP contribution >= 0.6 is 0 Å². The van der Waals surface area contributed by atoms with Crippen LogP contribution < -0.4 is 0 Å². The van der Waals surface area contributed by atoms with E-state index in [1.54, 1.807) is 0 Å². The minimum atomic E-state index is 1.01. The van der Waals surface area contributed by atoms with Gasteiger partial charge in [0.15, 0.2) is 0 Å². The smallest absolute Gasteiger partial charge is 0.137 e. The molecular formula is C14H18N2. The fourth-order valence-electron chi connectivity index (χ4n) is 1.79. The first-order valence-corrected chi connectivity index (χ1v) is 6.00. The number of aromatic nitrogens is 2. The van der Waals surface area contributed by atoms with Gasteiger partial charge in [-0.15, -0.1) is 0 Å². The topological polar surface area (TPSA) is 17.3 Å². The lowest BCUT2D eigenvalue weighted by atomic mass is 10.2. The first-order valence-electron chi connectivity index (χ1n) is 6.00. The van der Waals surface area contributed by atoms with Crippen molar-refractivity contribution >= 4 is 11.7 Å². The molecule has 0 aliphatic rings. The molecule has 0 bridgehead atoms. The van der Waals surface area contributed by atoms with Crippen LogP contribution in [0.25, 0.3) is 11.7 Å². The minimum absolute atomic E-state index is 1.01. The van der Waals surface area contributed by atoms with Crippen molar-refractivity contribution in [2.75, 3.05) is 0 Å². The highest BCUT2D eigenvalue weighted by molar-refractivity contribution is 5.52. The zero-order chi connectivity index (χ0) is 11.2. The summed E-state index contributed by atoms with van der Waals surface area (Å²) in [5.41, 5.74) is 2.17. The zero-order valence-electron chi connectivity index (χ0n) is 9.76. The average molecular weight is 214 g/mol. The molecule has 0 N–H and O–H groups in total. The summed E-state index contributed by atoms with van der Waals surface area (Å²) in [5.74, 6) is 0. The standard InChI is InChI=1S/C14H18N2/c1-2-3-4-5-6-9-13-12-15-14-10-7-8-11-16(13)14/h6-12H,2-5H2,1H3/b9-6+. The Hall–Kier alpha value is -1.57. The predicted octanol–water partition coefficient (Wildman–Crippen LogP) is 3.93. The third-order valence-electron chi connectivity index (χ3n) is 2.71. The molecule has 2 nitrogen and oxygen atoms in total. The molecule has 2 heteroatoms. The van der Waals surface area contributed by atoms with Gasteiger partial charge >= 0.3 is 0 Å². The summed E-state index contributed by atoms with van der Waals surface area (Å²) >= 11 is 0. The van der Waals surface area contributed by atoms with E-state index in [-0.39, 0.29) is 0 Å². The summed E-state index contributed by atoms with van der Waals surface area (Å²) in [7, 11) is 0. The highest BCUT2D eigenvalue weighted by Crippen LogP contribution is 2.09. The van der Waals surface area contributed by atoms with E-state index in [4.69, 9.17) is 0 Å². The number of nitrogens with zero attached hydrogens (tertiary/aromatic N) is 2. The minimum Gasteiger partial charge on any atom is -0.300 e. The second-order valence-corrected chi connectivity index (χ2v) is 4.01. The molecule has 0 saturated carbocycles. The number of hydrogen-bond donors (Lipinski definition) is 0. The Balaban J connectivity index is 2.04. The Morgan fingerprint density at radius 2 is 2.25 bits per heavy atom. The van der Waals surface area contributed by atoms with Crippen molar-refractivity contribution in [3.63, 3.8) is 0 Å². The Morgan fingerprint density at radius 3 is 3.12 bits per heavy atom. The van der Waals surface area contributed by atoms with Crippen molar-refractivity contribution in [1.29, 1.82) is 0 Å². The van der Waals surface area contributed by atoms with Gasteiger partial charge in [-0.05, 0) is 31.1 Å². The van der Waals surface area contributed by atoms with E-state index in [0.29, 0.717) is 0 Å². The van der Waals surface area contributed by atoms with E-state index in [0.717, 1.165) is 17.8 Å². The molecule has 0 unspecified atom stereocenters. The molecule has 0 amide bonds. The van der Waals surface area contributed by atoms with Gasteiger partial charge in [0.25, 0.3) is 0 Å². The molecule has 0 saturated heterocycles. The van der Waals surface area contributed by atoms with Crippen molar-refractivity contribution in [3.05, 3.63) is 42.4 Å². The van der Waals surface area contributed by atoms with Crippen LogP contribution in [0, 0.1) is 0 Å². The Morgan fingerprint density at radius 1 is 1.31 bits per heavy atom. The molecule has 0 spiro atoms. The molecular weight excluding hydrogens is 196 g/mol. The van der Waals surface area contributed by atoms with Crippen molar-refractivity contribution in [3.8, 4) is 0 Å². The highest BCUT2D eigenvalue weighted by Gasteiger charge is 1.96. The van der Waals surface area contributed by atoms with E-state index < -0.39 is 0 Å². The second-order valence-electron chi connectivity index (χ2n) is 4.01. The van der Waals surface area contributed by atoms with Gasteiger partial charge in [-0.1, -0.05) is 31.9 Å². The Bertz CT molecular complexity index is 468. The third kappa shape index (κ3) is 2.51. The highest BCUT2D eigenvalue weighted by atomic mass is 15.0. The molecule has 2 aromatic rings. The number of allylic oxidation sites excluding steroid dienone is 1. The Kier molecular flexibility index (Phi) is 3.76. The molecule has 2 rings (SSSR count). The maximum atomic E-state index is 4.35. The lowest BCUT2D eigenvalue weighted by Crippen LogP contribution is -1.84. The fraction of sp³-hybridized carbons (Fsp3) is 0.357. The normalized spacial score (nSPS) is 11.6. The van der Waals surface area contributed by atoms with Crippen molar-refractivity contribution < 1.29 is 0 Å². The van der Waals surface area contributed by atoms with E-state index in [1.165, 1.54) is 19.3 Å². The molecule has 16 heavy (non-hydrogen) atoms. The fourth-order valence-corrected chi connectivity index (χ4v) is 1.79. The van der Waals surface area contributed by atoms with E-state index in [9.17, 15) is 0 Å². The van der Waals surface area contributed by atoms with E-state index in [2.05, 4.69) is 28.5 Å². The molecule has 0 fully saturated rings. The maximum Gasteiger partial charge on any atom is 0.137 e. The molecule has 0 atom stereocenters. The van der Waals surface area contributed by atoms with Crippen LogP contribution in [0.5, 0.6) is 0 Å². The van der Waals surface area contributed by atoms with E-state index in [1.807, 2.05) is 30.6 Å². The number of hydrogen-bond acceptors (Lipinski definition) is 1. The Labute approximate surface area is 96.6 Å². The monoisotopic (exact) mass is 214 g/mol. The van der Waals surface area contributed by atoms with Crippen LogP contribution in [-0.4, -0.2) is 9.38 Å². The summed E-state index contributed by atoms with van der Waals surface area (Å²) in [6.45, 7) is 2.23. The van der Waals surface area contributed by atoms with E-state index >= 15 is 0 Å². The lowest BCUT2D eigenvalue weighted by Gasteiger charge is -1.95. The maximum absolute atomic E-state index is 4.35. The van der Waals surface area contributed by atoms with Crippen LogP contribution in [0.2, 0.25) is 0 Å².